The lowest BCUT2D eigenvalue weighted by molar-refractivity contribution is -0.140. The minimum Gasteiger partial charge on any atom is -0.480 e. The van der Waals surface area contributed by atoms with Crippen molar-refractivity contribution in [2.24, 2.45) is 5.92 Å². The van der Waals surface area contributed by atoms with E-state index in [2.05, 4.69) is 9.46 Å². The number of methoxy groups -OCH3 is 1. The molecule has 0 aliphatic heterocycles. The van der Waals surface area contributed by atoms with Crippen LogP contribution >= 0.6 is 0 Å². The van der Waals surface area contributed by atoms with E-state index < -0.39 is 39.7 Å². The predicted octanol–water partition coefficient (Wildman–Crippen LogP) is 1.00. The van der Waals surface area contributed by atoms with E-state index in [1.165, 1.54) is 31.4 Å². The first-order valence-electron chi connectivity index (χ1n) is 6.56. The van der Waals surface area contributed by atoms with Crippen LogP contribution in [0, 0.1) is 5.92 Å². The van der Waals surface area contributed by atoms with Gasteiger partial charge in [-0.2, -0.15) is 0 Å². The molecule has 0 radical (unpaired) electrons. The normalized spacial score (nSPS) is 12.9. The second-order valence-electron chi connectivity index (χ2n) is 5.13. The number of ether oxygens (including phenoxy) is 1. The van der Waals surface area contributed by atoms with E-state index >= 15 is 0 Å². The molecular weight excluding hydrogens is 310 g/mol. The Morgan fingerprint density at radius 3 is 2.45 bits per heavy atom. The number of benzene rings is 1. The maximum Gasteiger partial charge on any atom is 0.337 e. The molecule has 0 aromatic heterocycles. The lowest BCUT2D eigenvalue weighted by atomic mass is 10.1. The molecule has 0 spiro atoms. The molecule has 1 aromatic carbocycles. The van der Waals surface area contributed by atoms with Crippen molar-refractivity contribution in [1.29, 1.82) is 0 Å². The van der Waals surface area contributed by atoms with Gasteiger partial charge in [0.2, 0.25) is 10.0 Å². The van der Waals surface area contributed by atoms with Crippen LogP contribution in [0.15, 0.2) is 24.3 Å². The third-order valence-corrected chi connectivity index (χ3v) is 4.27. The van der Waals surface area contributed by atoms with Crippen LogP contribution in [0.3, 0.4) is 0 Å². The molecule has 1 aromatic rings. The molecule has 2 N–H and O–H groups in total. The van der Waals surface area contributed by atoms with E-state index in [0.29, 0.717) is 5.56 Å². The van der Waals surface area contributed by atoms with Gasteiger partial charge in [-0.25, -0.2) is 17.9 Å². The summed E-state index contributed by atoms with van der Waals surface area (Å²) in [7, 11) is -2.63. The van der Waals surface area contributed by atoms with Gasteiger partial charge in [0.15, 0.2) is 0 Å². The summed E-state index contributed by atoms with van der Waals surface area (Å²) in [6.07, 6.45) is 0. The van der Waals surface area contributed by atoms with Gasteiger partial charge in [-0.1, -0.05) is 26.0 Å². The molecule has 0 amide bonds. The monoisotopic (exact) mass is 329 g/mol. The van der Waals surface area contributed by atoms with Crippen molar-refractivity contribution in [1.82, 2.24) is 4.72 Å². The van der Waals surface area contributed by atoms with Gasteiger partial charge in [0.25, 0.3) is 0 Å². The first-order chi connectivity index (χ1) is 10.2. The van der Waals surface area contributed by atoms with Gasteiger partial charge < -0.3 is 9.84 Å². The number of carboxylic acids is 1. The lowest BCUT2D eigenvalue weighted by Crippen LogP contribution is -2.44. The van der Waals surface area contributed by atoms with Crippen molar-refractivity contribution in [3.63, 3.8) is 0 Å². The molecule has 22 heavy (non-hydrogen) atoms. The lowest BCUT2D eigenvalue weighted by Gasteiger charge is -2.18. The van der Waals surface area contributed by atoms with Crippen molar-refractivity contribution in [3.8, 4) is 0 Å². The summed E-state index contributed by atoms with van der Waals surface area (Å²) in [4.78, 5) is 22.5. The van der Waals surface area contributed by atoms with E-state index in [1.807, 2.05) is 0 Å². The fourth-order valence-electron chi connectivity index (χ4n) is 1.83. The predicted molar refractivity (Wildman–Crippen MR) is 79.8 cm³/mol. The number of carbonyl (C=O) groups excluding carboxylic acids is 1. The Morgan fingerprint density at radius 2 is 1.95 bits per heavy atom. The number of nitrogens with one attached hydrogen (secondary N) is 1. The highest BCUT2D eigenvalue weighted by molar-refractivity contribution is 7.88. The molecule has 0 bridgehead atoms. The van der Waals surface area contributed by atoms with E-state index in [0.717, 1.165) is 0 Å². The standard InChI is InChI=1S/C14H19NO6S/c1-9(2)12(13(16)17)15-22(19,20)8-10-5-4-6-11(7-10)14(18)21-3/h4-7,9,12,15H,8H2,1-3H3,(H,16,17)/t12-/m0/s1. The van der Waals surface area contributed by atoms with Gasteiger partial charge in [-0.05, 0) is 23.6 Å². The Bertz CT molecular complexity index is 653. The van der Waals surface area contributed by atoms with E-state index in [4.69, 9.17) is 5.11 Å². The Balaban J connectivity index is 2.93. The maximum absolute atomic E-state index is 12.1. The van der Waals surface area contributed by atoms with Crippen LogP contribution in [-0.4, -0.2) is 38.6 Å². The summed E-state index contributed by atoms with van der Waals surface area (Å²) in [6, 6.07) is 4.78. The summed E-state index contributed by atoms with van der Waals surface area (Å²) in [5.41, 5.74) is 0.595. The van der Waals surface area contributed by atoms with Crippen molar-refractivity contribution in [3.05, 3.63) is 35.4 Å². The number of rotatable bonds is 7. The van der Waals surface area contributed by atoms with Gasteiger partial charge in [0, 0.05) is 0 Å². The van der Waals surface area contributed by atoms with E-state index in [1.54, 1.807) is 13.8 Å². The highest BCUT2D eigenvalue weighted by Gasteiger charge is 2.27. The van der Waals surface area contributed by atoms with Gasteiger partial charge in [-0.15, -0.1) is 0 Å². The van der Waals surface area contributed by atoms with E-state index in [9.17, 15) is 18.0 Å². The number of hydrogen-bond donors (Lipinski definition) is 2. The summed E-state index contributed by atoms with van der Waals surface area (Å²) >= 11 is 0. The molecular formula is C14H19NO6S. The number of sulfonamides is 1. The molecule has 0 saturated carbocycles. The molecule has 0 aliphatic carbocycles. The fourth-order valence-corrected chi connectivity index (χ4v) is 3.29. The quantitative estimate of drug-likeness (QED) is 0.722. The smallest absolute Gasteiger partial charge is 0.337 e. The molecule has 0 unspecified atom stereocenters. The summed E-state index contributed by atoms with van der Waals surface area (Å²) in [5.74, 6) is -2.62. The Hall–Kier alpha value is -1.93. The van der Waals surface area contributed by atoms with Crippen LogP contribution < -0.4 is 4.72 Å². The molecule has 1 rings (SSSR count). The highest BCUT2D eigenvalue weighted by atomic mass is 32.2. The van der Waals surface area contributed by atoms with Crippen molar-refractivity contribution >= 4 is 22.0 Å². The molecule has 8 heteroatoms. The minimum absolute atomic E-state index is 0.230. The molecule has 1 atom stereocenters. The second kappa shape index (κ2) is 7.37. The maximum atomic E-state index is 12.1. The summed E-state index contributed by atoms with van der Waals surface area (Å²) < 4.78 is 30.9. The average molecular weight is 329 g/mol. The number of hydrogen-bond acceptors (Lipinski definition) is 5. The van der Waals surface area contributed by atoms with Crippen molar-refractivity contribution in [2.45, 2.75) is 25.6 Å². The third kappa shape index (κ3) is 5.12. The van der Waals surface area contributed by atoms with Gasteiger partial charge in [-0.3, -0.25) is 4.79 Å². The largest absolute Gasteiger partial charge is 0.480 e. The van der Waals surface area contributed by atoms with Crippen LogP contribution in [0.25, 0.3) is 0 Å². The van der Waals surface area contributed by atoms with Crippen LogP contribution in [0.2, 0.25) is 0 Å². The topological polar surface area (TPSA) is 110 Å². The van der Waals surface area contributed by atoms with Gasteiger partial charge in [0.1, 0.15) is 6.04 Å². The minimum atomic E-state index is -3.86. The molecule has 0 aliphatic rings. The third-order valence-electron chi connectivity index (χ3n) is 2.94. The zero-order valence-electron chi connectivity index (χ0n) is 12.6. The second-order valence-corrected chi connectivity index (χ2v) is 6.88. The molecule has 0 fully saturated rings. The number of aliphatic carboxylic acids is 1. The van der Waals surface area contributed by atoms with E-state index in [-0.39, 0.29) is 5.56 Å². The van der Waals surface area contributed by atoms with Crippen LogP contribution in [-0.2, 0) is 25.3 Å². The van der Waals surface area contributed by atoms with Gasteiger partial charge >= 0.3 is 11.9 Å². The first kappa shape index (κ1) is 18.1. The van der Waals surface area contributed by atoms with Crippen molar-refractivity contribution < 1.29 is 27.9 Å². The summed E-state index contributed by atoms with van der Waals surface area (Å²) in [6.45, 7) is 3.22. The SMILES string of the molecule is COC(=O)c1cccc(CS(=O)(=O)N[C@H](C(=O)O)C(C)C)c1. The average Bonchev–Trinajstić information content (AvgIpc) is 2.43. The van der Waals surface area contributed by atoms with Crippen LogP contribution in [0.4, 0.5) is 0 Å². The first-order valence-corrected chi connectivity index (χ1v) is 8.21. The summed E-state index contributed by atoms with van der Waals surface area (Å²) in [5, 5.41) is 9.03. The Morgan fingerprint density at radius 1 is 1.32 bits per heavy atom. The number of carboxylic acid groups (broad SMARTS) is 1. The molecule has 7 nitrogen and oxygen atoms in total. The Kier molecular flexibility index (Phi) is 6.07. The van der Waals surface area contributed by atoms with Crippen LogP contribution in [0.1, 0.15) is 29.8 Å². The number of esters is 1. The van der Waals surface area contributed by atoms with Gasteiger partial charge in [0.05, 0.1) is 18.4 Å². The van der Waals surface area contributed by atoms with Crippen molar-refractivity contribution in [2.75, 3.05) is 7.11 Å². The molecule has 0 saturated heterocycles. The number of carbonyl (C=O) groups is 2. The zero-order valence-corrected chi connectivity index (χ0v) is 13.4. The van der Waals surface area contributed by atoms with Crippen LogP contribution in [0.5, 0.6) is 0 Å². The molecule has 0 heterocycles. The molecule has 122 valence electrons. The Labute approximate surface area is 129 Å². The fraction of sp³-hybridized carbons (Fsp3) is 0.429. The zero-order chi connectivity index (χ0) is 16.9. The highest BCUT2D eigenvalue weighted by Crippen LogP contribution is 2.11.